The summed E-state index contributed by atoms with van der Waals surface area (Å²) in [6.07, 6.45) is 0. The van der Waals surface area contributed by atoms with E-state index in [1.165, 1.54) is 23.9 Å². The molecule has 3 heterocycles. The van der Waals surface area contributed by atoms with Gasteiger partial charge in [0.2, 0.25) is 18.5 Å². The molecule has 35 heavy (non-hydrogen) atoms. The highest BCUT2D eigenvalue weighted by molar-refractivity contribution is 7.98. The minimum absolute atomic E-state index is 0.228. The first kappa shape index (κ1) is 21.4. The summed E-state index contributed by atoms with van der Waals surface area (Å²) < 4.78 is 31.6. The molecule has 0 aliphatic carbocycles. The van der Waals surface area contributed by atoms with E-state index in [-0.39, 0.29) is 12.6 Å². The second-order valence-corrected chi connectivity index (χ2v) is 8.70. The van der Waals surface area contributed by atoms with E-state index >= 15 is 0 Å². The number of halogens is 1. The Morgan fingerprint density at radius 3 is 2.57 bits per heavy atom. The summed E-state index contributed by atoms with van der Waals surface area (Å²) in [6, 6.07) is 21.8. The van der Waals surface area contributed by atoms with E-state index < -0.39 is 0 Å². The Bertz CT molecular complexity index is 1470. The molecule has 6 rings (SSSR count). The van der Waals surface area contributed by atoms with Crippen molar-refractivity contribution in [3.8, 4) is 34.3 Å². The molecule has 174 valence electrons. The molecule has 1 aliphatic heterocycles. The van der Waals surface area contributed by atoms with E-state index in [1.54, 1.807) is 12.1 Å². The van der Waals surface area contributed by atoms with Crippen molar-refractivity contribution in [3.63, 3.8) is 0 Å². The van der Waals surface area contributed by atoms with E-state index in [9.17, 15) is 4.39 Å². The van der Waals surface area contributed by atoms with Crippen LogP contribution in [0.4, 0.5) is 4.39 Å². The molecular formula is C25H18FN5O3S. The highest BCUT2D eigenvalue weighted by atomic mass is 32.2. The van der Waals surface area contributed by atoms with Crippen molar-refractivity contribution >= 4 is 11.8 Å². The van der Waals surface area contributed by atoms with Crippen LogP contribution < -0.4 is 9.47 Å². The molecule has 8 nitrogen and oxygen atoms in total. The Labute approximate surface area is 203 Å². The van der Waals surface area contributed by atoms with Crippen LogP contribution in [0.2, 0.25) is 0 Å². The van der Waals surface area contributed by atoms with E-state index in [0.29, 0.717) is 34.7 Å². The molecule has 0 radical (unpaired) electrons. The third kappa shape index (κ3) is 4.47. The van der Waals surface area contributed by atoms with Crippen LogP contribution in [0.3, 0.4) is 0 Å². The number of aromatic nitrogens is 5. The molecule has 0 atom stereocenters. The zero-order valence-corrected chi connectivity index (χ0v) is 19.1. The lowest BCUT2D eigenvalue weighted by molar-refractivity contribution is 0.174. The topological polar surface area (TPSA) is 88.1 Å². The summed E-state index contributed by atoms with van der Waals surface area (Å²) in [5, 5.41) is 13.6. The monoisotopic (exact) mass is 487 g/mol. The average molecular weight is 488 g/mol. The molecule has 0 unspecified atom stereocenters. The quantitative estimate of drug-likeness (QED) is 0.289. The van der Waals surface area contributed by atoms with Crippen LogP contribution >= 0.6 is 11.8 Å². The predicted octanol–water partition coefficient (Wildman–Crippen LogP) is 5.20. The summed E-state index contributed by atoms with van der Waals surface area (Å²) >= 11 is 1.45. The average Bonchev–Trinajstić information content (AvgIpc) is 3.64. The molecule has 0 saturated heterocycles. The molecule has 0 fully saturated rings. The fourth-order valence-electron chi connectivity index (χ4n) is 3.72. The molecule has 3 aromatic carbocycles. The summed E-state index contributed by atoms with van der Waals surface area (Å²) in [6.45, 7) is 0.771. The van der Waals surface area contributed by atoms with Crippen molar-refractivity contribution in [2.24, 2.45) is 0 Å². The maximum absolute atomic E-state index is 13.2. The summed E-state index contributed by atoms with van der Waals surface area (Å²) in [5.41, 5.74) is 2.68. The van der Waals surface area contributed by atoms with Gasteiger partial charge in [-0.05, 0) is 42.0 Å². The standard InChI is InChI=1S/C25H18FN5O3S/c26-19-9-7-17(8-10-19)23-27-22(34-30-23)14-35-25-29-28-24(18-4-2-1-3-5-18)31(25)13-16-6-11-20-21(12-16)33-15-32-20/h1-12H,13-15H2. The van der Waals surface area contributed by atoms with Crippen LogP contribution in [0.15, 0.2) is 82.5 Å². The zero-order valence-electron chi connectivity index (χ0n) is 18.3. The van der Waals surface area contributed by atoms with Crippen molar-refractivity contribution in [2.45, 2.75) is 17.5 Å². The van der Waals surface area contributed by atoms with Crippen LogP contribution in [-0.4, -0.2) is 31.7 Å². The zero-order chi connectivity index (χ0) is 23.6. The highest BCUT2D eigenvalue weighted by Crippen LogP contribution is 2.34. The Balaban J connectivity index is 1.26. The number of benzene rings is 3. The first-order chi connectivity index (χ1) is 17.2. The molecule has 10 heteroatoms. The van der Waals surface area contributed by atoms with Gasteiger partial charge in [-0.1, -0.05) is 53.3 Å². The van der Waals surface area contributed by atoms with Gasteiger partial charge in [-0.25, -0.2) is 4.39 Å². The molecular weight excluding hydrogens is 469 g/mol. The minimum Gasteiger partial charge on any atom is -0.454 e. The number of thioether (sulfide) groups is 1. The number of nitrogens with zero attached hydrogens (tertiary/aromatic N) is 5. The molecule has 2 aromatic heterocycles. The molecule has 0 amide bonds. The van der Waals surface area contributed by atoms with E-state index in [4.69, 9.17) is 14.0 Å². The molecule has 0 bridgehead atoms. The minimum atomic E-state index is -0.316. The van der Waals surface area contributed by atoms with Gasteiger partial charge in [0.25, 0.3) is 0 Å². The lowest BCUT2D eigenvalue weighted by Crippen LogP contribution is -2.04. The van der Waals surface area contributed by atoms with Crippen LogP contribution in [0.1, 0.15) is 11.5 Å². The largest absolute Gasteiger partial charge is 0.454 e. The summed E-state index contributed by atoms with van der Waals surface area (Å²) in [4.78, 5) is 4.43. The molecule has 5 aromatic rings. The fourth-order valence-corrected chi connectivity index (χ4v) is 4.49. The van der Waals surface area contributed by atoms with Gasteiger partial charge in [0.1, 0.15) is 5.82 Å². The van der Waals surface area contributed by atoms with Crippen molar-refractivity contribution in [1.29, 1.82) is 0 Å². The van der Waals surface area contributed by atoms with Gasteiger partial charge in [0, 0.05) is 11.1 Å². The summed E-state index contributed by atoms with van der Waals surface area (Å²) in [7, 11) is 0. The Kier molecular flexibility index (Phi) is 5.63. The van der Waals surface area contributed by atoms with Gasteiger partial charge in [-0.2, -0.15) is 4.98 Å². The van der Waals surface area contributed by atoms with Crippen LogP contribution in [0.5, 0.6) is 11.5 Å². The Morgan fingerprint density at radius 2 is 1.71 bits per heavy atom. The predicted molar refractivity (Wildman–Crippen MR) is 126 cm³/mol. The van der Waals surface area contributed by atoms with E-state index in [1.807, 2.05) is 48.5 Å². The van der Waals surface area contributed by atoms with Gasteiger partial charge < -0.3 is 14.0 Å². The SMILES string of the molecule is Fc1ccc(-c2noc(CSc3nnc(-c4ccccc4)n3Cc3ccc4c(c3)OCO4)n2)cc1. The number of rotatable bonds is 7. The second-order valence-electron chi connectivity index (χ2n) is 7.75. The molecule has 0 N–H and O–H groups in total. The number of fused-ring (bicyclic) bond motifs is 1. The van der Waals surface area contributed by atoms with Crippen molar-refractivity contribution < 1.29 is 18.4 Å². The number of hydrogen-bond acceptors (Lipinski definition) is 8. The third-order valence-corrected chi connectivity index (χ3v) is 6.37. The Morgan fingerprint density at radius 1 is 0.886 bits per heavy atom. The second kappa shape index (κ2) is 9.22. The smallest absolute Gasteiger partial charge is 0.237 e. The van der Waals surface area contributed by atoms with Gasteiger partial charge in [0.15, 0.2) is 22.5 Å². The first-order valence-corrected chi connectivity index (χ1v) is 11.8. The lowest BCUT2D eigenvalue weighted by Gasteiger charge is -2.10. The molecule has 1 aliphatic rings. The van der Waals surface area contributed by atoms with Crippen molar-refractivity contribution in [2.75, 3.05) is 6.79 Å². The number of hydrogen-bond donors (Lipinski definition) is 0. The maximum atomic E-state index is 13.2. The van der Waals surface area contributed by atoms with Gasteiger partial charge in [-0.15, -0.1) is 10.2 Å². The van der Waals surface area contributed by atoms with Crippen LogP contribution in [0.25, 0.3) is 22.8 Å². The maximum Gasteiger partial charge on any atom is 0.237 e. The normalized spacial score (nSPS) is 12.3. The van der Waals surface area contributed by atoms with Crippen molar-refractivity contribution in [3.05, 3.63) is 90.1 Å². The van der Waals surface area contributed by atoms with Gasteiger partial charge >= 0.3 is 0 Å². The van der Waals surface area contributed by atoms with E-state index in [2.05, 4.69) is 24.9 Å². The summed E-state index contributed by atoms with van der Waals surface area (Å²) in [5.74, 6) is 3.16. The van der Waals surface area contributed by atoms with Crippen LogP contribution in [-0.2, 0) is 12.3 Å². The van der Waals surface area contributed by atoms with E-state index in [0.717, 1.165) is 28.5 Å². The highest BCUT2D eigenvalue weighted by Gasteiger charge is 2.19. The van der Waals surface area contributed by atoms with Crippen LogP contribution in [0, 0.1) is 5.82 Å². The van der Waals surface area contributed by atoms with Gasteiger partial charge in [0.05, 0.1) is 12.3 Å². The lowest BCUT2D eigenvalue weighted by atomic mass is 10.2. The molecule has 0 saturated carbocycles. The first-order valence-electron chi connectivity index (χ1n) is 10.8. The Hall–Kier alpha value is -4.18. The number of ether oxygens (including phenoxy) is 2. The fraction of sp³-hybridized carbons (Fsp3) is 0.120. The molecule has 0 spiro atoms. The third-order valence-electron chi connectivity index (χ3n) is 5.42. The van der Waals surface area contributed by atoms with Crippen molar-refractivity contribution in [1.82, 2.24) is 24.9 Å². The van der Waals surface area contributed by atoms with Gasteiger partial charge in [-0.3, -0.25) is 4.57 Å².